The summed E-state index contributed by atoms with van der Waals surface area (Å²) in [6.07, 6.45) is 0. The minimum atomic E-state index is -1.72. The maximum absolute atomic E-state index is 9.53. The first kappa shape index (κ1) is 16.1. The number of rotatable bonds is 5. The fourth-order valence-corrected chi connectivity index (χ4v) is 2.78. The summed E-state index contributed by atoms with van der Waals surface area (Å²) < 4.78 is 11.5. The van der Waals surface area contributed by atoms with Crippen LogP contribution in [0.25, 0.3) is 0 Å². The molecule has 108 valence electrons. The molecule has 18 heavy (non-hydrogen) atoms. The van der Waals surface area contributed by atoms with Gasteiger partial charge in [0.1, 0.15) is 0 Å². The molecule has 0 aliphatic carbocycles. The van der Waals surface area contributed by atoms with Gasteiger partial charge in [0.2, 0.25) is 0 Å². The van der Waals surface area contributed by atoms with Crippen LogP contribution in [-0.4, -0.2) is 63.9 Å². The zero-order valence-electron chi connectivity index (χ0n) is 12.5. The molecule has 4 nitrogen and oxygen atoms in total. The predicted molar refractivity (Wildman–Crippen MR) is 76.4 cm³/mol. The smallest absolute Gasteiger partial charge is 0.192 e. The number of hydrogen-bond acceptors (Lipinski definition) is 4. The van der Waals surface area contributed by atoms with Gasteiger partial charge in [-0.15, -0.1) is 0 Å². The number of morpholine rings is 1. The van der Waals surface area contributed by atoms with Gasteiger partial charge in [0.25, 0.3) is 0 Å². The van der Waals surface area contributed by atoms with E-state index in [-0.39, 0.29) is 17.7 Å². The second kappa shape index (κ2) is 6.48. The summed E-state index contributed by atoms with van der Waals surface area (Å²) in [5, 5.41) is 9.75. The molecule has 1 heterocycles. The van der Waals surface area contributed by atoms with E-state index in [1.807, 2.05) is 0 Å². The molecule has 1 rings (SSSR count). The molecule has 0 aromatic heterocycles. The largest absolute Gasteiger partial charge is 0.415 e. The fraction of sp³-hybridized carbons (Fsp3) is 1.00. The molecule has 0 bridgehead atoms. The summed E-state index contributed by atoms with van der Waals surface area (Å²) >= 11 is 0. The molecule has 0 amide bonds. The van der Waals surface area contributed by atoms with Gasteiger partial charge in [-0.05, 0) is 18.1 Å². The summed E-state index contributed by atoms with van der Waals surface area (Å²) in [4.78, 5) is 2.27. The van der Waals surface area contributed by atoms with Crippen LogP contribution in [0, 0.1) is 0 Å². The Morgan fingerprint density at radius 1 is 1.28 bits per heavy atom. The van der Waals surface area contributed by atoms with Gasteiger partial charge >= 0.3 is 0 Å². The Morgan fingerprint density at radius 2 is 1.83 bits per heavy atom. The zero-order valence-corrected chi connectivity index (χ0v) is 13.5. The Bertz CT molecular complexity index is 247. The molecule has 1 aliphatic heterocycles. The Kier molecular flexibility index (Phi) is 5.80. The van der Waals surface area contributed by atoms with Crippen molar-refractivity contribution in [1.82, 2.24) is 4.90 Å². The lowest BCUT2D eigenvalue weighted by atomic mass is 10.2. The van der Waals surface area contributed by atoms with Crippen LogP contribution in [0.2, 0.25) is 18.1 Å². The Balaban J connectivity index is 2.48. The second-order valence-electron chi connectivity index (χ2n) is 6.56. The van der Waals surface area contributed by atoms with Gasteiger partial charge in [-0.2, -0.15) is 0 Å². The summed E-state index contributed by atoms with van der Waals surface area (Å²) in [5.41, 5.74) is 0. The van der Waals surface area contributed by atoms with Crippen molar-refractivity contribution < 1.29 is 14.3 Å². The van der Waals surface area contributed by atoms with Crippen molar-refractivity contribution in [3.63, 3.8) is 0 Å². The van der Waals surface area contributed by atoms with Gasteiger partial charge < -0.3 is 14.3 Å². The predicted octanol–water partition coefficient (Wildman–Crippen LogP) is 1.70. The van der Waals surface area contributed by atoms with Crippen LogP contribution in [0.1, 0.15) is 20.8 Å². The number of aliphatic hydroxyl groups is 1. The third-order valence-corrected chi connectivity index (χ3v) is 8.72. The van der Waals surface area contributed by atoms with Crippen LogP contribution in [0.3, 0.4) is 0 Å². The standard InChI is InChI=1S/C13H29NO3Si/c1-13(2,3)18(4,5)17-11-12(10-15)14-6-8-16-9-7-14/h12,15H,6-11H2,1-5H3. The molecule has 1 saturated heterocycles. The molecule has 1 unspecified atom stereocenters. The molecule has 1 atom stereocenters. The second-order valence-corrected chi connectivity index (χ2v) is 11.4. The van der Waals surface area contributed by atoms with Gasteiger partial charge in [0.15, 0.2) is 8.32 Å². The third kappa shape index (κ3) is 4.31. The lowest BCUT2D eigenvalue weighted by Gasteiger charge is -2.39. The SMILES string of the molecule is CC(C)(C)[Si](C)(C)OCC(CO)N1CCOCC1. The average Bonchev–Trinajstić information content (AvgIpc) is 2.29. The minimum absolute atomic E-state index is 0.114. The maximum Gasteiger partial charge on any atom is 0.192 e. The molecule has 1 N–H and O–H groups in total. The molecule has 0 aromatic carbocycles. The van der Waals surface area contributed by atoms with E-state index in [4.69, 9.17) is 9.16 Å². The number of aliphatic hydroxyl groups excluding tert-OH is 1. The molecule has 1 fully saturated rings. The van der Waals surface area contributed by atoms with Crippen LogP contribution in [-0.2, 0) is 9.16 Å². The number of hydrogen-bond donors (Lipinski definition) is 1. The normalized spacial score (nSPS) is 21.0. The Morgan fingerprint density at radius 3 is 2.28 bits per heavy atom. The monoisotopic (exact) mass is 275 g/mol. The first-order valence-electron chi connectivity index (χ1n) is 6.84. The van der Waals surface area contributed by atoms with E-state index < -0.39 is 8.32 Å². The molecule has 5 heteroatoms. The van der Waals surface area contributed by atoms with E-state index in [9.17, 15) is 5.11 Å². The van der Waals surface area contributed by atoms with Crippen LogP contribution >= 0.6 is 0 Å². The first-order valence-corrected chi connectivity index (χ1v) is 9.75. The topological polar surface area (TPSA) is 41.9 Å². The van der Waals surface area contributed by atoms with Crippen LogP contribution in [0.5, 0.6) is 0 Å². The molecular weight excluding hydrogens is 246 g/mol. The van der Waals surface area contributed by atoms with E-state index in [1.165, 1.54) is 0 Å². The molecule has 0 saturated carbocycles. The summed E-state index contributed by atoms with van der Waals surface area (Å²) in [6, 6.07) is 0.114. The van der Waals surface area contributed by atoms with Crippen molar-refractivity contribution in [1.29, 1.82) is 0 Å². The van der Waals surface area contributed by atoms with Crippen LogP contribution < -0.4 is 0 Å². The number of ether oxygens (including phenoxy) is 1. The van der Waals surface area contributed by atoms with Gasteiger partial charge in [-0.25, -0.2) is 0 Å². The van der Waals surface area contributed by atoms with E-state index in [0.717, 1.165) is 26.3 Å². The summed E-state index contributed by atoms with van der Waals surface area (Å²) in [6.45, 7) is 15.3. The highest BCUT2D eigenvalue weighted by Gasteiger charge is 2.38. The number of nitrogens with zero attached hydrogens (tertiary/aromatic N) is 1. The van der Waals surface area contributed by atoms with Crippen molar-refractivity contribution in [3.8, 4) is 0 Å². The van der Waals surface area contributed by atoms with Crippen LogP contribution in [0.15, 0.2) is 0 Å². The lowest BCUT2D eigenvalue weighted by molar-refractivity contribution is -0.0102. The van der Waals surface area contributed by atoms with Crippen molar-refractivity contribution >= 4 is 8.32 Å². The summed E-state index contributed by atoms with van der Waals surface area (Å²) in [5.74, 6) is 0. The third-order valence-electron chi connectivity index (χ3n) is 4.22. The summed E-state index contributed by atoms with van der Waals surface area (Å²) in [7, 11) is -1.72. The first-order chi connectivity index (χ1) is 8.28. The van der Waals surface area contributed by atoms with E-state index >= 15 is 0 Å². The Hall–Kier alpha value is 0.0569. The highest BCUT2D eigenvalue weighted by molar-refractivity contribution is 6.74. The molecule has 0 radical (unpaired) electrons. The average molecular weight is 275 g/mol. The van der Waals surface area contributed by atoms with Gasteiger partial charge in [0, 0.05) is 13.1 Å². The van der Waals surface area contributed by atoms with E-state index in [2.05, 4.69) is 38.8 Å². The fourth-order valence-electron chi connectivity index (χ4n) is 1.74. The quantitative estimate of drug-likeness (QED) is 0.776. The molecule has 1 aliphatic rings. The van der Waals surface area contributed by atoms with E-state index in [0.29, 0.717) is 6.61 Å². The molecule has 0 spiro atoms. The maximum atomic E-state index is 9.53. The lowest BCUT2D eigenvalue weighted by Crippen LogP contribution is -2.50. The molecule has 0 aromatic rings. The van der Waals surface area contributed by atoms with Crippen molar-refractivity contribution in [2.45, 2.75) is 44.9 Å². The van der Waals surface area contributed by atoms with Gasteiger partial charge in [-0.3, -0.25) is 4.90 Å². The minimum Gasteiger partial charge on any atom is -0.415 e. The highest BCUT2D eigenvalue weighted by Crippen LogP contribution is 2.36. The van der Waals surface area contributed by atoms with Crippen LogP contribution in [0.4, 0.5) is 0 Å². The zero-order chi connectivity index (χ0) is 13.8. The van der Waals surface area contributed by atoms with Crippen molar-refractivity contribution in [3.05, 3.63) is 0 Å². The van der Waals surface area contributed by atoms with E-state index in [1.54, 1.807) is 0 Å². The van der Waals surface area contributed by atoms with Gasteiger partial charge in [-0.1, -0.05) is 20.8 Å². The van der Waals surface area contributed by atoms with Crippen molar-refractivity contribution in [2.75, 3.05) is 39.5 Å². The Labute approximate surface area is 112 Å². The van der Waals surface area contributed by atoms with Gasteiger partial charge in [0.05, 0.1) is 32.5 Å². The van der Waals surface area contributed by atoms with Crippen molar-refractivity contribution in [2.24, 2.45) is 0 Å². The highest BCUT2D eigenvalue weighted by atomic mass is 28.4. The molecular formula is C13H29NO3Si.